The van der Waals surface area contributed by atoms with Crippen LogP contribution in [0.25, 0.3) is 0 Å². The maximum atomic E-state index is 5.34. The fourth-order valence-corrected chi connectivity index (χ4v) is 2.02. The predicted octanol–water partition coefficient (Wildman–Crippen LogP) is 1.94. The molecule has 0 spiro atoms. The Morgan fingerprint density at radius 2 is 2.12 bits per heavy atom. The van der Waals surface area contributed by atoms with E-state index in [0.717, 1.165) is 44.0 Å². The molecule has 2 rings (SSSR count). The van der Waals surface area contributed by atoms with Gasteiger partial charge in [0, 0.05) is 30.5 Å². The van der Waals surface area contributed by atoms with Gasteiger partial charge in [0.25, 0.3) is 0 Å². The van der Waals surface area contributed by atoms with Gasteiger partial charge in [-0.05, 0) is 26.2 Å². The van der Waals surface area contributed by atoms with Gasteiger partial charge in [0.2, 0.25) is 0 Å². The molecule has 0 bridgehead atoms. The second kappa shape index (κ2) is 5.25. The quantitative estimate of drug-likeness (QED) is 0.847. The summed E-state index contributed by atoms with van der Waals surface area (Å²) in [5.41, 5.74) is 2.31. The summed E-state index contributed by atoms with van der Waals surface area (Å²) in [6, 6.07) is 0.493. The summed E-state index contributed by atoms with van der Waals surface area (Å²) < 4.78 is 5.34. The molecular weight excluding hydrogens is 202 g/mol. The first-order valence-corrected chi connectivity index (χ1v) is 5.96. The smallest absolute Gasteiger partial charge is 0.132 e. The van der Waals surface area contributed by atoms with E-state index in [1.807, 2.05) is 0 Å². The van der Waals surface area contributed by atoms with Crippen molar-refractivity contribution in [2.45, 2.75) is 39.2 Å². The second-order valence-electron chi connectivity index (χ2n) is 4.18. The number of nitrogens with one attached hydrogen (secondary N) is 1. The van der Waals surface area contributed by atoms with E-state index >= 15 is 0 Å². The van der Waals surface area contributed by atoms with Crippen molar-refractivity contribution in [2.24, 2.45) is 0 Å². The van der Waals surface area contributed by atoms with Crippen molar-refractivity contribution in [1.29, 1.82) is 0 Å². The Morgan fingerprint density at radius 1 is 1.38 bits per heavy atom. The summed E-state index contributed by atoms with van der Waals surface area (Å²) in [4.78, 5) is 8.59. The summed E-state index contributed by atoms with van der Waals surface area (Å²) in [6.07, 6.45) is 4.72. The molecule has 1 aromatic rings. The number of ether oxygens (including phenoxy) is 1. The van der Waals surface area contributed by atoms with E-state index in [4.69, 9.17) is 4.74 Å². The van der Waals surface area contributed by atoms with Crippen LogP contribution in [0, 0.1) is 6.92 Å². The van der Waals surface area contributed by atoms with Gasteiger partial charge >= 0.3 is 0 Å². The van der Waals surface area contributed by atoms with Crippen molar-refractivity contribution in [3.8, 4) is 0 Å². The normalized spacial score (nSPS) is 17.4. The topological polar surface area (TPSA) is 47.0 Å². The number of nitrogens with zero attached hydrogens (tertiary/aromatic N) is 2. The molecule has 0 atom stereocenters. The third-order valence-electron chi connectivity index (χ3n) is 3.09. The van der Waals surface area contributed by atoms with E-state index in [-0.39, 0.29) is 0 Å². The molecule has 0 aliphatic carbocycles. The molecule has 4 heteroatoms. The second-order valence-corrected chi connectivity index (χ2v) is 4.18. The van der Waals surface area contributed by atoms with E-state index in [1.165, 1.54) is 5.56 Å². The molecule has 1 aliphatic heterocycles. The van der Waals surface area contributed by atoms with Crippen LogP contribution >= 0.6 is 0 Å². The van der Waals surface area contributed by atoms with Crippen LogP contribution in [0.1, 0.15) is 31.0 Å². The first-order chi connectivity index (χ1) is 7.81. The average Bonchev–Trinajstić information content (AvgIpc) is 2.33. The fourth-order valence-electron chi connectivity index (χ4n) is 2.02. The van der Waals surface area contributed by atoms with Gasteiger partial charge in [-0.2, -0.15) is 0 Å². The van der Waals surface area contributed by atoms with Crippen molar-refractivity contribution < 1.29 is 4.74 Å². The molecule has 2 heterocycles. The highest BCUT2D eigenvalue weighted by molar-refractivity contribution is 5.45. The SMILES string of the molecule is CCc1ncnc(NC2CCOCC2)c1C. The maximum absolute atomic E-state index is 5.34. The lowest BCUT2D eigenvalue weighted by atomic mass is 10.1. The number of aryl methyl sites for hydroxylation is 1. The van der Waals surface area contributed by atoms with Gasteiger partial charge < -0.3 is 10.1 Å². The average molecular weight is 221 g/mol. The molecule has 0 radical (unpaired) electrons. The van der Waals surface area contributed by atoms with Crippen molar-refractivity contribution in [1.82, 2.24) is 9.97 Å². The Labute approximate surface area is 96.4 Å². The zero-order valence-electron chi connectivity index (χ0n) is 9.99. The highest BCUT2D eigenvalue weighted by atomic mass is 16.5. The standard InChI is InChI=1S/C12H19N3O/c1-3-11-9(2)12(14-8-13-11)15-10-4-6-16-7-5-10/h8,10H,3-7H2,1-2H3,(H,13,14,15). The minimum Gasteiger partial charge on any atom is -0.381 e. The van der Waals surface area contributed by atoms with E-state index in [1.54, 1.807) is 6.33 Å². The zero-order valence-corrected chi connectivity index (χ0v) is 9.99. The maximum Gasteiger partial charge on any atom is 0.132 e. The Bertz CT molecular complexity index is 348. The molecule has 1 N–H and O–H groups in total. The molecule has 1 aliphatic rings. The molecule has 0 amide bonds. The van der Waals surface area contributed by atoms with Crippen LogP contribution < -0.4 is 5.32 Å². The summed E-state index contributed by atoms with van der Waals surface area (Å²) in [5.74, 6) is 0.985. The van der Waals surface area contributed by atoms with Crippen LogP contribution in [0.15, 0.2) is 6.33 Å². The van der Waals surface area contributed by atoms with Gasteiger partial charge in [-0.15, -0.1) is 0 Å². The molecule has 1 saturated heterocycles. The lowest BCUT2D eigenvalue weighted by Crippen LogP contribution is -2.28. The summed E-state index contributed by atoms with van der Waals surface area (Å²) in [7, 11) is 0. The lowest BCUT2D eigenvalue weighted by Gasteiger charge is -2.24. The fraction of sp³-hybridized carbons (Fsp3) is 0.667. The summed E-state index contributed by atoms with van der Waals surface area (Å²) in [5, 5.41) is 3.49. The largest absolute Gasteiger partial charge is 0.381 e. The zero-order chi connectivity index (χ0) is 11.4. The monoisotopic (exact) mass is 221 g/mol. The van der Waals surface area contributed by atoms with Crippen molar-refractivity contribution in [3.63, 3.8) is 0 Å². The van der Waals surface area contributed by atoms with E-state index in [0.29, 0.717) is 6.04 Å². The van der Waals surface area contributed by atoms with Crippen LogP contribution in [0.5, 0.6) is 0 Å². The molecule has 0 saturated carbocycles. The first kappa shape index (κ1) is 11.3. The third-order valence-corrected chi connectivity index (χ3v) is 3.09. The Morgan fingerprint density at radius 3 is 2.81 bits per heavy atom. The highest BCUT2D eigenvalue weighted by Crippen LogP contribution is 2.18. The van der Waals surface area contributed by atoms with Gasteiger partial charge in [0.05, 0.1) is 0 Å². The predicted molar refractivity (Wildman–Crippen MR) is 63.6 cm³/mol. The van der Waals surface area contributed by atoms with E-state index < -0.39 is 0 Å². The summed E-state index contributed by atoms with van der Waals surface area (Å²) in [6.45, 7) is 5.90. The minimum atomic E-state index is 0.493. The van der Waals surface area contributed by atoms with Crippen LogP contribution in [0.3, 0.4) is 0 Å². The molecule has 16 heavy (non-hydrogen) atoms. The number of anilines is 1. The van der Waals surface area contributed by atoms with Crippen molar-refractivity contribution in [2.75, 3.05) is 18.5 Å². The van der Waals surface area contributed by atoms with Crippen molar-refractivity contribution in [3.05, 3.63) is 17.6 Å². The van der Waals surface area contributed by atoms with Crippen LogP contribution in [0.4, 0.5) is 5.82 Å². The Hall–Kier alpha value is -1.16. The van der Waals surface area contributed by atoms with E-state index in [9.17, 15) is 0 Å². The molecule has 88 valence electrons. The van der Waals surface area contributed by atoms with Gasteiger partial charge in [-0.3, -0.25) is 0 Å². The molecule has 0 aromatic carbocycles. The molecule has 1 fully saturated rings. The van der Waals surface area contributed by atoms with Gasteiger partial charge in [-0.25, -0.2) is 9.97 Å². The molecule has 4 nitrogen and oxygen atoms in total. The molecular formula is C12H19N3O. The van der Waals surface area contributed by atoms with Gasteiger partial charge in [-0.1, -0.05) is 6.92 Å². The van der Waals surface area contributed by atoms with Crippen LogP contribution in [-0.4, -0.2) is 29.2 Å². The number of aromatic nitrogens is 2. The third kappa shape index (κ3) is 2.50. The number of rotatable bonds is 3. The van der Waals surface area contributed by atoms with Crippen LogP contribution in [0.2, 0.25) is 0 Å². The molecule has 1 aromatic heterocycles. The minimum absolute atomic E-state index is 0.493. The highest BCUT2D eigenvalue weighted by Gasteiger charge is 2.15. The molecule has 0 unspecified atom stereocenters. The van der Waals surface area contributed by atoms with Gasteiger partial charge in [0.15, 0.2) is 0 Å². The number of hydrogen-bond acceptors (Lipinski definition) is 4. The van der Waals surface area contributed by atoms with Gasteiger partial charge in [0.1, 0.15) is 12.1 Å². The lowest BCUT2D eigenvalue weighted by molar-refractivity contribution is 0.0903. The Balaban J connectivity index is 2.08. The van der Waals surface area contributed by atoms with Crippen LogP contribution in [-0.2, 0) is 11.2 Å². The van der Waals surface area contributed by atoms with E-state index in [2.05, 4.69) is 29.1 Å². The van der Waals surface area contributed by atoms with Crippen molar-refractivity contribution >= 4 is 5.82 Å². The first-order valence-electron chi connectivity index (χ1n) is 5.96. The Kier molecular flexibility index (Phi) is 3.72. The number of hydrogen-bond donors (Lipinski definition) is 1. The summed E-state index contributed by atoms with van der Waals surface area (Å²) >= 11 is 0.